The van der Waals surface area contributed by atoms with Gasteiger partial charge in [-0.05, 0) is 60.9 Å². The van der Waals surface area contributed by atoms with Gasteiger partial charge in [-0.3, -0.25) is 13.9 Å². The van der Waals surface area contributed by atoms with Crippen LogP contribution in [0.5, 0.6) is 0 Å². The number of piperidine rings is 1. The van der Waals surface area contributed by atoms with Gasteiger partial charge in [0.25, 0.3) is 11.8 Å². The van der Waals surface area contributed by atoms with E-state index < -0.39 is 27.6 Å². The number of nitrogens with zero attached hydrogens (tertiary/aromatic N) is 2. The van der Waals surface area contributed by atoms with E-state index in [0.29, 0.717) is 47.0 Å². The predicted molar refractivity (Wildman–Crippen MR) is 164 cm³/mol. The van der Waals surface area contributed by atoms with Crippen molar-refractivity contribution in [3.8, 4) is 11.3 Å². The molecule has 1 saturated heterocycles. The summed E-state index contributed by atoms with van der Waals surface area (Å²) < 4.78 is 60.8. The number of carbonyl (C=O) groups is 2. The van der Waals surface area contributed by atoms with Gasteiger partial charge in [-0.1, -0.05) is 12.1 Å². The van der Waals surface area contributed by atoms with Crippen LogP contribution in [0.15, 0.2) is 65.1 Å². The quantitative estimate of drug-likeness (QED) is 0.255. The number of para-hydroxylation sites is 1. The minimum Gasteiger partial charge on any atom is -0.455 e. The van der Waals surface area contributed by atoms with Gasteiger partial charge in [-0.2, -0.15) is 0 Å². The van der Waals surface area contributed by atoms with Crippen molar-refractivity contribution in [3.05, 3.63) is 89.1 Å². The number of carbonyl (C=O) groups excluding carboxylic acids is 2. The molecule has 44 heavy (non-hydrogen) atoms. The number of anilines is 1. The average Bonchev–Trinajstić information content (AvgIpc) is 3.62. The van der Waals surface area contributed by atoms with E-state index >= 15 is 0 Å². The number of benzene rings is 3. The molecule has 3 aromatic carbocycles. The lowest BCUT2D eigenvalue weighted by atomic mass is 9.88. The Hall–Kier alpha value is -4.71. The maximum atomic E-state index is 14.3. The van der Waals surface area contributed by atoms with Gasteiger partial charge < -0.3 is 19.6 Å². The molecule has 0 radical (unpaired) electrons. The first kappa shape index (κ1) is 29.4. The second-order valence-corrected chi connectivity index (χ2v) is 13.0. The highest BCUT2D eigenvalue weighted by atomic mass is 32.2. The fourth-order valence-corrected chi connectivity index (χ4v) is 6.42. The van der Waals surface area contributed by atoms with Crippen LogP contribution in [0.3, 0.4) is 0 Å². The van der Waals surface area contributed by atoms with E-state index in [2.05, 4.69) is 10.3 Å². The Kier molecular flexibility index (Phi) is 7.40. The second kappa shape index (κ2) is 11.1. The largest absolute Gasteiger partial charge is 0.455 e. The van der Waals surface area contributed by atoms with Crippen molar-refractivity contribution in [2.45, 2.75) is 18.8 Å². The molecule has 1 atom stereocenters. The zero-order valence-electron chi connectivity index (χ0n) is 24.3. The zero-order chi connectivity index (χ0) is 31.3. The number of furan rings is 1. The topological polar surface area (TPSA) is 116 Å². The molecule has 3 heterocycles. The lowest BCUT2D eigenvalue weighted by molar-refractivity contribution is 0.0702. The molecule has 1 aliphatic heterocycles. The molecule has 0 bridgehead atoms. The number of hydrogen-bond acceptors (Lipinski definition) is 5. The smallest absolute Gasteiger partial charge is 0.270 e. The summed E-state index contributed by atoms with van der Waals surface area (Å²) in [5, 5.41) is 3.68. The van der Waals surface area contributed by atoms with Crippen molar-refractivity contribution in [1.29, 1.82) is 0 Å². The van der Waals surface area contributed by atoms with Gasteiger partial charge in [-0.25, -0.2) is 17.2 Å². The van der Waals surface area contributed by atoms with Crippen molar-refractivity contribution in [1.82, 2.24) is 15.2 Å². The van der Waals surface area contributed by atoms with E-state index in [9.17, 15) is 26.8 Å². The van der Waals surface area contributed by atoms with Crippen LogP contribution in [0.4, 0.5) is 14.5 Å². The fourth-order valence-electron chi connectivity index (χ4n) is 5.90. The second-order valence-electron chi connectivity index (χ2n) is 11.0. The summed E-state index contributed by atoms with van der Waals surface area (Å²) in [6.07, 6.45) is 2.38. The number of aromatic nitrogens is 1. The number of hydrogen-bond donors (Lipinski definition) is 2. The molecular weight excluding hydrogens is 590 g/mol. The molecule has 2 amide bonds. The highest BCUT2D eigenvalue weighted by Crippen LogP contribution is 2.42. The highest BCUT2D eigenvalue weighted by molar-refractivity contribution is 7.92. The summed E-state index contributed by atoms with van der Waals surface area (Å²) in [4.78, 5) is 31.3. The Bertz CT molecular complexity index is 2040. The number of halogens is 2. The number of H-pyrrole nitrogens is 1. The standard InChI is InChI=1S/C32H30F2N4O5S/c1-35-31(39)28-23-15-22(20-7-5-13-38(17-20)32(40)25-14-19-6-4-8-24(34)29(19)36-25)26(37(2)44(3,41)42)16-27(23)43-30(28)18-9-11-21(33)12-10-18/h4,6,8-12,14-16,20,36H,5,7,13,17H2,1-3H3,(H,35,39)/t20-/m0/s1. The van der Waals surface area contributed by atoms with E-state index in [4.69, 9.17) is 4.42 Å². The van der Waals surface area contributed by atoms with Crippen LogP contribution in [-0.4, -0.2) is 63.6 Å². The average molecular weight is 621 g/mol. The van der Waals surface area contributed by atoms with Crippen LogP contribution in [0.25, 0.3) is 33.2 Å². The molecule has 0 spiro atoms. The Labute approximate surface area is 252 Å². The number of sulfonamides is 1. The summed E-state index contributed by atoms with van der Waals surface area (Å²) in [5.74, 6) is -1.69. The first-order valence-electron chi connectivity index (χ1n) is 14.0. The fraction of sp³-hybridized carbons (Fsp3) is 0.250. The van der Waals surface area contributed by atoms with Gasteiger partial charge in [0.05, 0.1) is 23.0 Å². The molecule has 1 aliphatic rings. The predicted octanol–water partition coefficient (Wildman–Crippen LogP) is 5.63. The third-order valence-corrected chi connectivity index (χ3v) is 9.41. The first-order chi connectivity index (χ1) is 21.0. The lowest BCUT2D eigenvalue weighted by Crippen LogP contribution is -2.39. The minimum absolute atomic E-state index is 0.218. The Morgan fingerprint density at radius 2 is 1.84 bits per heavy atom. The third-order valence-electron chi connectivity index (χ3n) is 8.22. The zero-order valence-corrected chi connectivity index (χ0v) is 25.1. The monoisotopic (exact) mass is 620 g/mol. The van der Waals surface area contributed by atoms with Crippen molar-refractivity contribution in [2.24, 2.45) is 0 Å². The summed E-state index contributed by atoms with van der Waals surface area (Å²) in [6, 6.07) is 15.1. The van der Waals surface area contributed by atoms with Crippen molar-refractivity contribution in [3.63, 3.8) is 0 Å². The van der Waals surface area contributed by atoms with E-state index in [1.165, 1.54) is 44.4 Å². The van der Waals surface area contributed by atoms with E-state index in [1.54, 1.807) is 35.2 Å². The molecule has 0 saturated carbocycles. The first-order valence-corrected chi connectivity index (χ1v) is 15.9. The molecule has 6 rings (SSSR count). The highest BCUT2D eigenvalue weighted by Gasteiger charge is 2.32. The molecule has 228 valence electrons. The lowest BCUT2D eigenvalue weighted by Gasteiger charge is -2.34. The van der Waals surface area contributed by atoms with E-state index in [1.807, 2.05) is 0 Å². The van der Waals surface area contributed by atoms with Gasteiger partial charge in [0.1, 0.15) is 28.7 Å². The molecule has 5 aromatic rings. The molecule has 2 aromatic heterocycles. The number of aromatic amines is 1. The number of amides is 2. The number of rotatable bonds is 6. The molecule has 0 aliphatic carbocycles. The summed E-state index contributed by atoms with van der Waals surface area (Å²) >= 11 is 0. The van der Waals surface area contributed by atoms with Gasteiger partial charge >= 0.3 is 0 Å². The van der Waals surface area contributed by atoms with Crippen molar-refractivity contribution >= 4 is 49.4 Å². The third kappa shape index (κ3) is 5.19. The van der Waals surface area contributed by atoms with E-state index in [-0.39, 0.29) is 46.5 Å². The summed E-state index contributed by atoms with van der Waals surface area (Å²) in [7, 11) is -0.781. The summed E-state index contributed by atoms with van der Waals surface area (Å²) in [6.45, 7) is 0.737. The van der Waals surface area contributed by atoms with E-state index in [0.717, 1.165) is 10.6 Å². The van der Waals surface area contributed by atoms with Gasteiger partial charge in [-0.15, -0.1) is 0 Å². The molecular formula is C32H30F2N4O5S. The van der Waals surface area contributed by atoms with Gasteiger partial charge in [0.2, 0.25) is 10.0 Å². The maximum absolute atomic E-state index is 14.3. The maximum Gasteiger partial charge on any atom is 0.270 e. The SMILES string of the molecule is CNC(=O)c1c(-c2ccc(F)cc2)oc2cc(N(C)S(C)(=O)=O)c([C@H]3CCCN(C(=O)c4cc5cccc(F)c5[nH]4)C3)cc12. The van der Waals surface area contributed by atoms with Crippen molar-refractivity contribution < 1.29 is 31.2 Å². The van der Waals surface area contributed by atoms with Crippen LogP contribution in [0.2, 0.25) is 0 Å². The number of fused-ring (bicyclic) bond motifs is 2. The summed E-state index contributed by atoms with van der Waals surface area (Å²) in [5.41, 5.74) is 2.48. The molecule has 1 fully saturated rings. The minimum atomic E-state index is -3.71. The van der Waals surface area contributed by atoms with Crippen LogP contribution in [0.1, 0.15) is 45.2 Å². The van der Waals surface area contributed by atoms with Crippen LogP contribution >= 0.6 is 0 Å². The molecule has 0 unspecified atom stereocenters. The Morgan fingerprint density at radius 1 is 1.09 bits per heavy atom. The van der Waals surface area contributed by atoms with Crippen LogP contribution < -0.4 is 9.62 Å². The van der Waals surface area contributed by atoms with Gasteiger partial charge in [0.15, 0.2) is 0 Å². The molecule has 2 N–H and O–H groups in total. The van der Waals surface area contributed by atoms with Crippen molar-refractivity contribution in [2.75, 3.05) is 37.7 Å². The molecule has 12 heteroatoms. The number of nitrogens with one attached hydrogen (secondary N) is 2. The van der Waals surface area contributed by atoms with Crippen LogP contribution in [0, 0.1) is 11.6 Å². The Morgan fingerprint density at radius 3 is 2.52 bits per heavy atom. The Balaban J connectivity index is 1.46. The normalized spacial score (nSPS) is 15.6. The van der Waals surface area contributed by atoms with Crippen LogP contribution in [-0.2, 0) is 10.0 Å². The molecule has 9 nitrogen and oxygen atoms in total. The van der Waals surface area contributed by atoms with Gasteiger partial charge in [0, 0.05) is 55.5 Å². The number of likely N-dealkylation sites (tertiary alicyclic amines) is 1.